The largest absolute Gasteiger partial charge is 0.317 e. The highest BCUT2D eigenvalue weighted by molar-refractivity contribution is 5.14. The van der Waals surface area contributed by atoms with Crippen molar-refractivity contribution in [3.63, 3.8) is 0 Å². The van der Waals surface area contributed by atoms with E-state index in [9.17, 15) is 0 Å². The standard InChI is InChI=1S/C19H33N/c1-2-3-4-5-6-12-17-20-18-13-8-11-16-19-14-9-7-10-15-19/h7,9-10,14-15,20H,2-6,8,11-13,16-18H2,1H3. The van der Waals surface area contributed by atoms with Gasteiger partial charge in [0, 0.05) is 0 Å². The van der Waals surface area contributed by atoms with E-state index in [1.54, 1.807) is 0 Å². The second kappa shape index (κ2) is 13.2. The van der Waals surface area contributed by atoms with E-state index < -0.39 is 0 Å². The van der Waals surface area contributed by atoms with E-state index in [0.29, 0.717) is 0 Å². The third-order valence-electron chi connectivity index (χ3n) is 3.87. The van der Waals surface area contributed by atoms with Crippen LogP contribution in [-0.2, 0) is 6.42 Å². The topological polar surface area (TPSA) is 12.0 Å². The summed E-state index contributed by atoms with van der Waals surface area (Å²) in [6, 6.07) is 10.8. The minimum absolute atomic E-state index is 1.20. The first-order valence-corrected chi connectivity index (χ1v) is 8.68. The molecule has 0 radical (unpaired) electrons. The van der Waals surface area contributed by atoms with Gasteiger partial charge in [-0.15, -0.1) is 0 Å². The summed E-state index contributed by atoms with van der Waals surface area (Å²) in [6.07, 6.45) is 13.6. The fraction of sp³-hybridized carbons (Fsp3) is 0.684. The summed E-state index contributed by atoms with van der Waals surface area (Å²) in [7, 11) is 0. The van der Waals surface area contributed by atoms with Gasteiger partial charge in [-0.2, -0.15) is 0 Å². The van der Waals surface area contributed by atoms with Gasteiger partial charge < -0.3 is 5.32 Å². The molecular formula is C19H33N. The van der Waals surface area contributed by atoms with Crippen molar-refractivity contribution in [1.29, 1.82) is 0 Å². The van der Waals surface area contributed by atoms with Crippen molar-refractivity contribution in [2.75, 3.05) is 13.1 Å². The van der Waals surface area contributed by atoms with Crippen LogP contribution in [0.3, 0.4) is 0 Å². The van der Waals surface area contributed by atoms with Gasteiger partial charge in [0.25, 0.3) is 0 Å². The Morgan fingerprint density at radius 3 is 2.00 bits per heavy atom. The van der Waals surface area contributed by atoms with Gasteiger partial charge in [-0.25, -0.2) is 0 Å². The highest BCUT2D eigenvalue weighted by Gasteiger charge is 1.93. The number of unbranched alkanes of at least 4 members (excludes halogenated alkanes) is 7. The fourth-order valence-electron chi connectivity index (χ4n) is 2.56. The number of hydrogen-bond donors (Lipinski definition) is 1. The molecule has 0 fully saturated rings. The highest BCUT2D eigenvalue weighted by atomic mass is 14.8. The molecule has 0 heterocycles. The molecule has 1 aromatic rings. The van der Waals surface area contributed by atoms with E-state index in [4.69, 9.17) is 0 Å². The average molecular weight is 275 g/mol. The first-order valence-electron chi connectivity index (χ1n) is 8.68. The highest BCUT2D eigenvalue weighted by Crippen LogP contribution is 2.06. The van der Waals surface area contributed by atoms with E-state index in [1.807, 2.05) is 0 Å². The van der Waals surface area contributed by atoms with Crippen LogP contribution in [0.4, 0.5) is 0 Å². The van der Waals surface area contributed by atoms with E-state index in [1.165, 1.54) is 82.9 Å². The third kappa shape index (κ3) is 10.0. The summed E-state index contributed by atoms with van der Waals surface area (Å²) in [5.41, 5.74) is 1.48. The summed E-state index contributed by atoms with van der Waals surface area (Å²) in [4.78, 5) is 0. The average Bonchev–Trinajstić information content (AvgIpc) is 2.49. The van der Waals surface area contributed by atoms with Gasteiger partial charge in [-0.3, -0.25) is 0 Å². The molecule has 1 nitrogen and oxygen atoms in total. The molecule has 0 spiro atoms. The minimum atomic E-state index is 1.20. The third-order valence-corrected chi connectivity index (χ3v) is 3.87. The summed E-state index contributed by atoms with van der Waals surface area (Å²) in [5, 5.41) is 3.57. The number of nitrogens with one attached hydrogen (secondary N) is 1. The lowest BCUT2D eigenvalue weighted by atomic mass is 10.1. The zero-order valence-corrected chi connectivity index (χ0v) is 13.4. The van der Waals surface area contributed by atoms with Crippen molar-refractivity contribution in [2.24, 2.45) is 0 Å². The Morgan fingerprint density at radius 1 is 0.700 bits per heavy atom. The normalized spacial score (nSPS) is 10.8. The molecule has 1 heteroatoms. The maximum absolute atomic E-state index is 3.57. The van der Waals surface area contributed by atoms with E-state index >= 15 is 0 Å². The smallest absolute Gasteiger partial charge is 0.00489 e. The first kappa shape index (κ1) is 17.2. The molecule has 1 N–H and O–H groups in total. The first-order chi connectivity index (χ1) is 9.93. The summed E-state index contributed by atoms with van der Waals surface area (Å²) < 4.78 is 0. The molecule has 0 amide bonds. The second-order valence-corrected chi connectivity index (χ2v) is 5.81. The molecule has 0 atom stereocenters. The molecule has 0 bridgehead atoms. The van der Waals surface area contributed by atoms with Crippen LogP contribution in [0.15, 0.2) is 30.3 Å². The number of aryl methyl sites for hydroxylation is 1. The molecule has 0 unspecified atom stereocenters. The predicted octanol–water partition coefficient (Wildman–Crippen LogP) is 5.35. The van der Waals surface area contributed by atoms with E-state index in [2.05, 4.69) is 42.6 Å². The Bertz CT molecular complexity index is 294. The quantitative estimate of drug-likeness (QED) is 0.478. The van der Waals surface area contributed by atoms with Gasteiger partial charge >= 0.3 is 0 Å². The summed E-state index contributed by atoms with van der Waals surface area (Å²) >= 11 is 0. The molecule has 20 heavy (non-hydrogen) atoms. The predicted molar refractivity (Wildman–Crippen MR) is 90.2 cm³/mol. The molecule has 0 aliphatic heterocycles. The van der Waals surface area contributed by atoms with Gasteiger partial charge in [0.2, 0.25) is 0 Å². The lowest BCUT2D eigenvalue weighted by molar-refractivity contribution is 0.553. The number of hydrogen-bond acceptors (Lipinski definition) is 1. The zero-order chi connectivity index (χ0) is 14.3. The summed E-state index contributed by atoms with van der Waals surface area (Å²) in [6.45, 7) is 4.69. The lowest BCUT2D eigenvalue weighted by Gasteiger charge is -2.05. The molecule has 0 aliphatic carbocycles. The molecule has 0 saturated heterocycles. The van der Waals surface area contributed by atoms with Crippen molar-refractivity contribution in [1.82, 2.24) is 5.32 Å². The maximum atomic E-state index is 3.57. The van der Waals surface area contributed by atoms with Crippen molar-refractivity contribution < 1.29 is 0 Å². The molecule has 0 saturated carbocycles. The van der Waals surface area contributed by atoms with Crippen LogP contribution in [0.2, 0.25) is 0 Å². The molecule has 1 rings (SSSR count). The van der Waals surface area contributed by atoms with Gasteiger partial charge in [0.15, 0.2) is 0 Å². The van der Waals surface area contributed by atoms with Gasteiger partial charge in [-0.1, -0.05) is 75.8 Å². The van der Waals surface area contributed by atoms with Crippen molar-refractivity contribution in [2.45, 2.75) is 71.1 Å². The Labute approximate surface area is 126 Å². The van der Waals surface area contributed by atoms with Crippen LogP contribution in [0.25, 0.3) is 0 Å². The van der Waals surface area contributed by atoms with Crippen LogP contribution in [-0.4, -0.2) is 13.1 Å². The van der Waals surface area contributed by atoms with Crippen LogP contribution in [0.5, 0.6) is 0 Å². The van der Waals surface area contributed by atoms with Crippen LogP contribution >= 0.6 is 0 Å². The van der Waals surface area contributed by atoms with Crippen LogP contribution < -0.4 is 5.32 Å². The molecule has 114 valence electrons. The fourth-order valence-corrected chi connectivity index (χ4v) is 2.56. The van der Waals surface area contributed by atoms with Gasteiger partial charge in [0.1, 0.15) is 0 Å². The molecule has 1 aromatic carbocycles. The maximum Gasteiger partial charge on any atom is -0.00489 e. The lowest BCUT2D eigenvalue weighted by Crippen LogP contribution is -2.16. The summed E-state index contributed by atoms with van der Waals surface area (Å²) in [5.74, 6) is 0. The van der Waals surface area contributed by atoms with E-state index in [-0.39, 0.29) is 0 Å². The zero-order valence-electron chi connectivity index (χ0n) is 13.4. The second-order valence-electron chi connectivity index (χ2n) is 5.81. The Morgan fingerprint density at radius 2 is 1.30 bits per heavy atom. The molecule has 0 aliphatic rings. The Balaban J connectivity index is 1.77. The van der Waals surface area contributed by atoms with Crippen molar-refractivity contribution in [3.8, 4) is 0 Å². The number of benzene rings is 1. The number of rotatable bonds is 13. The van der Waals surface area contributed by atoms with Gasteiger partial charge in [-0.05, 0) is 44.3 Å². The van der Waals surface area contributed by atoms with Gasteiger partial charge in [0.05, 0.1) is 0 Å². The minimum Gasteiger partial charge on any atom is -0.317 e. The monoisotopic (exact) mass is 275 g/mol. The molecular weight excluding hydrogens is 242 g/mol. The Kier molecular flexibility index (Phi) is 11.4. The van der Waals surface area contributed by atoms with E-state index in [0.717, 1.165) is 0 Å². The SMILES string of the molecule is CCCCCCCCNCCCCCc1ccccc1. The van der Waals surface area contributed by atoms with Crippen molar-refractivity contribution in [3.05, 3.63) is 35.9 Å². The van der Waals surface area contributed by atoms with Crippen LogP contribution in [0, 0.1) is 0 Å². The Hall–Kier alpha value is -0.820. The molecule has 0 aromatic heterocycles. The van der Waals surface area contributed by atoms with Crippen LogP contribution in [0.1, 0.15) is 70.3 Å². The van der Waals surface area contributed by atoms with Crippen molar-refractivity contribution >= 4 is 0 Å².